The Balaban J connectivity index is 1.55. The summed E-state index contributed by atoms with van der Waals surface area (Å²) in [5.74, 6) is 0. The van der Waals surface area contributed by atoms with E-state index in [0.29, 0.717) is 0 Å². The molecule has 0 spiro atoms. The van der Waals surface area contributed by atoms with Crippen LogP contribution in [0, 0.1) is 0 Å². The van der Waals surface area contributed by atoms with Crippen LogP contribution in [0.3, 0.4) is 0 Å². The number of benzene rings is 6. The molecule has 0 aliphatic rings. The van der Waals surface area contributed by atoms with Crippen LogP contribution in [0.5, 0.6) is 0 Å². The third kappa shape index (κ3) is 5.57. The Kier molecular flexibility index (Phi) is 8.89. The molecule has 42 heavy (non-hydrogen) atoms. The van der Waals surface area contributed by atoms with Crippen LogP contribution in [0.4, 0.5) is 4.79 Å². The zero-order valence-corrected chi connectivity index (χ0v) is 30.8. The third-order valence-corrected chi connectivity index (χ3v) is 38.0. The van der Waals surface area contributed by atoms with Gasteiger partial charge in [0.15, 0.2) is 0 Å². The maximum atomic E-state index is 14.6. The molecule has 0 radical (unpaired) electrons. The van der Waals surface area contributed by atoms with E-state index in [1.165, 1.54) is 0 Å². The molecule has 0 bridgehead atoms. The first-order valence-electron chi connectivity index (χ1n) is 14.0. The first kappa shape index (κ1) is 28.5. The molecule has 0 amide bonds. The summed E-state index contributed by atoms with van der Waals surface area (Å²) in [5.41, 5.74) is 0. The predicted octanol–water partition coefficient (Wildman–Crippen LogP) is 3.94. The van der Waals surface area contributed by atoms with Crippen LogP contribution in [-0.4, -0.2) is 47.6 Å². The zero-order valence-electron chi connectivity index (χ0n) is 23.0. The van der Waals surface area contributed by atoms with Gasteiger partial charge in [0.1, 0.15) is 0 Å². The first-order valence-corrected chi connectivity index (χ1v) is 28.8. The molecule has 0 saturated carbocycles. The van der Waals surface area contributed by atoms with Crippen LogP contribution < -0.4 is 19.6 Å². The van der Waals surface area contributed by atoms with Crippen LogP contribution in [0.15, 0.2) is 182 Å². The van der Waals surface area contributed by atoms with E-state index in [4.69, 9.17) is 5.63 Å². The molecule has 0 heterocycles. The van der Waals surface area contributed by atoms with Gasteiger partial charge in [0.25, 0.3) is 0 Å². The molecular weight excluding hydrogens is 910 g/mol. The Labute approximate surface area is 257 Å². The van der Waals surface area contributed by atoms with Crippen LogP contribution in [0.2, 0.25) is 0 Å². The van der Waals surface area contributed by atoms with E-state index >= 15 is 0 Å². The molecule has 6 rings (SSSR count). The van der Waals surface area contributed by atoms with E-state index in [-0.39, 0.29) is 0 Å². The molecule has 6 aromatic carbocycles. The van der Waals surface area contributed by atoms with Gasteiger partial charge < -0.3 is 0 Å². The second-order valence-corrected chi connectivity index (χ2v) is 35.7. The average Bonchev–Trinajstić information content (AvgIpc) is 3.08. The standard InChI is InChI=1S/6C6H5.CH2O3.2Bi.2H/c6*1-2-4-6-5-3-1;2-1(3)4;;;;/h6*1-5H;(H2,2,3,4);;;;/q;;;;;;;2*+1;;/p-2. The second kappa shape index (κ2) is 13.1. The summed E-state index contributed by atoms with van der Waals surface area (Å²) in [4.78, 5) is 14.6. The molecule has 0 fully saturated rings. The Hall–Kier alpha value is -3.64. The van der Waals surface area contributed by atoms with Crippen molar-refractivity contribution in [3.8, 4) is 0 Å². The van der Waals surface area contributed by atoms with Crippen molar-refractivity contribution in [2.45, 2.75) is 0 Å². The van der Waals surface area contributed by atoms with Crippen molar-refractivity contribution in [1.82, 2.24) is 0 Å². The monoisotopic (exact) mass is 942 g/mol. The fraction of sp³-hybridized carbons (Fsp3) is 0. The van der Waals surface area contributed by atoms with E-state index in [1.54, 1.807) is 0 Å². The van der Waals surface area contributed by atoms with E-state index in [9.17, 15) is 4.79 Å². The van der Waals surface area contributed by atoms with Crippen molar-refractivity contribution in [3.05, 3.63) is 182 Å². The molecular formula is C37H32Bi2O3. The van der Waals surface area contributed by atoms with Gasteiger partial charge in [0.2, 0.25) is 0 Å². The summed E-state index contributed by atoms with van der Waals surface area (Å²) in [7, 11) is 0. The van der Waals surface area contributed by atoms with Crippen LogP contribution in [0.25, 0.3) is 0 Å². The van der Waals surface area contributed by atoms with Gasteiger partial charge >= 0.3 is 260 Å². The normalized spacial score (nSPS) is 12.2. The number of hydrogen-bond acceptors (Lipinski definition) is 3. The van der Waals surface area contributed by atoms with Gasteiger partial charge in [0, 0.05) is 0 Å². The van der Waals surface area contributed by atoms with Gasteiger partial charge in [-0.2, -0.15) is 0 Å². The van der Waals surface area contributed by atoms with Crippen molar-refractivity contribution in [3.63, 3.8) is 0 Å². The Bertz CT molecular complexity index is 1390. The summed E-state index contributed by atoms with van der Waals surface area (Å²) >= 11 is -9.17. The van der Waals surface area contributed by atoms with E-state index in [1.807, 2.05) is 109 Å². The molecule has 0 saturated heterocycles. The van der Waals surface area contributed by atoms with Gasteiger partial charge in [-0.05, 0) is 0 Å². The Morgan fingerprint density at radius 1 is 0.310 bits per heavy atom. The molecule has 0 aliphatic carbocycles. The molecule has 0 unspecified atom stereocenters. The number of hydrogen-bond donors (Lipinski definition) is 0. The van der Waals surface area contributed by atoms with Gasteiger partial charge in [-0.3, -0.25) is 0 Å². The molecule has 6 aromatic rings. The molecule has 0 N–H and O–H groups in total. The van der Waals surface area contributed by atoms with Crippen LogP contribution in [0.1, 0.15) is 0 Å². The summed E-state index contributed by atoms with van der Waals surface area (Å²) in [6.45, 7) is 0. The van der Waals surface area contributed by atoms with Gasteiger partial charge in [-0.25, -0.2) is 0 Å². The van der Waals surface area contributed by atoms with Crippen molar-refractivity contribution in [2.75, 3.05) is 0 Å². The second-order valence-electron chi connectivity index (χ2n) is 10.0. The van der Waals surface area contributed by atoms with Gasteiger partial charge in [-0.1, -0.05) is 0 Å². The number of carbonyl (C=O) groups is 1. The maximum absolute atomic E-state index is 14.6. The molecule has 208 valence electrons. The summed E-state index contributed by atoms with van der Waals surface area (Å²) < 4.78 is 20.2. The average molecular weight is 943 g/mol. The van der Waals surface area contributed by atoms with Crippen molar-refractivity contribution >= 4 is 67.2 Å². The van der Waals surface area contributed by atoms with Gasteiger partial charge in [-0.15, -0.1) is 0 Å². The fourth-order valence-corrected chi connectivity index (χ4v) is 35.2. The number of rotatable bonds is 8. The van der Waals surface area contributed by atoms with Gasteiger partial charge in [0.05, 0.1) is 0 Å². The van der Waals surface area contributed by atoms with Crippen molar-refractivity contribution < 1.29 is 10.4 Å². The van der Waals surface area contributed by atoms with Crippen LogP contribution >= 0.6 is 0 Å². The molecule has 0 aromatic heterocycles. The third-order valence-electron chi connectivity index (χ3n) is 7.55. The summed E-state index contributed by atoms with van der Waals surface area (Å²) in [6.07, 6.45) is -0.605. The minimum atomic E-state index is -4.59. The van der Waals surface area contributed by atoms with E-state index < -0.39 is 47.6 Å². The van der Waals surface area contributed by atoms with E-state index in [2.05, 4.69) is 72.8 Å². The predicted molar refractivity (Wildman–Crippen MR) is 178 cm³/mol. The zero-order chi connectivity index (χ0) is 28.7. The fourth-order valence-electron chi connectivity index (χ4n) is 5.66. The minimum absolute atomic E-state index is 0.605. The Morgan fingerprint density at radius 2 is 0.476 bits per heavy atom. The van der Waals surface area contributed by atoms with Crippen LogP contribution in [-0.2, 0) is 5.63 Å². The molecule has 0 aliphatic heterocycles. The molecule has 0 atom stereocenters. The first-order chi connectivity index (χ1) is 20.7. The summed E-state index contributed by atoms with van der Waals surface area (Å²) in [5, 5.41) is 0. The van der Waals surface area contributed by atoms with E-state index in [0.717, 1.165) is 19.6 Å². The van der Waals surface area contributed by atoms with Crippen molar-refractivity contribution in [1.29, 1.82) is 0 Å². The Morgan fingerprint density at radius 3 is 0.643 bits per heavy atom. The molecule has 5 heteroatoms. The summed E-state index contributed by atoms with van der Waals surface area (Å²) in [6, 6.07) is 61.4. The molecule has 3 nitrogen and oxygen atoms in total. The van der Waals surface area contributed by atoms with Crippen molar-refractivity contribution in [2.24, 2.45) is 0 Å². The SMILES string of the molecule is O=C([O][BiH]([c]1ccccc1)([c]1ccccc1)[c]1ccccc1)[O][BiH]([c]1ccccc1)([c]1ccccc1)[c]1ccccc1. The number of carbonyl (C=O) groups excluding carboxylic acids is 1. The quantitative estimate of drug-likeness (QED) is 0.218. The topological polar surface area (TPSA) is 35.5 Å².